The molecule has 0 aliphatic carbocycles. The Morgan fingerprint density at radius 1 is 1.24 bits per heavy atom. The summed E-state index contributed by atoms with van der Waals surface area (Å²) in [5.41, 5.74) is -0.257. The Kier molecular flexibility index (Phi) is 3.97. The maximum absolute atomic E-state index is 12.7. The Morgan fingerprint density at radius 3 is 2.52 bits per heavy atom. The zero-order chi connectivity index (χ0) is 15.8. The largest absolute Gasteiger partial charge is 0.332 e. The lowest BCUT2D eigenvalue weighted by molar-refractivity contribution is 0.0102. The predicted molar refractivity (Wildman–Crippen MR) is 74.7 cm³/mol. The maximum Gasteiger partial charge on any atom is 0.332 e. The Bertz CT molecular complexity index is 767. The van der Waals surface area contributed by atoms with E-state index in [9.17, 15) is 18.4 Å². The minimum atomic E-state index is -2.72. The first-order chi connectivity index (χ1) is 9.72. The number of rotatable bonds is 5. The number of fused-ring (bicyclic) bond motifs is 1. The molecule has 2 aromatic heterocycles. The third kappa shape index (κ3) is 3.03. The van der Waals surface area contributed by atoms with Crippen LogP contribution in [0.5, 0.6) is 0 Å². The standard InChI is InChI=1S/C13H18F2N4O2/c1-13(14,15)6-4-5-7-19-11(20)9-10(16-8-17(9)2)18(3)12(19)21/h8H,4-7H2,1-3H3. The van der Waals surface area contributed by atoms with Crippen LogP contribution in [0.4, 0.5) is 8.78 Å². The zero-order valence-corrected chi connectivity index (χ0v) is 12.3. The van der Waals surface area contributed by atoms with Crippen LogP contribution in [0.25, 0.3) is 11.2 Å². The van der Waals surface area contributed by atoms with Crippen LogP contribution >= 0.6 is 0 Å². The molecule has 116 valence electrons. The van der Waals surface area contributed by atoms with Crippen molar-refractivity contribution in [3.8, 4) is 0 Å². The van der Waals surface area contributed by atoms with E-state index in [4.69, 9.17) is 0 Å². The van der Waals surface area contributed by atoms with Crippen LogP contribution in [0.15, 0.2) is 15.9 Å². The van der Waals surface area contributed by atoms with Gasteiger partial charge in [-0.3, -0.25) is 13.9 Å². The Labute approximate surface area is 119 Å². The number of aryl methyl sites for hydroxylation is 2. The lowest BCUT2D eigenvalue weighted by Crippen LogP contribution is -2.39. The van der Waals surface area contributed by atoms with Gasteiger partial charge in [-0.2, -0.15) is 0 Å². The molecule has 0 aliphatic heterocycles. The van der Waals surface area contributed by atoms with Crippen LogP contribution in [0.2, 0.25) is 0 Å². The molecular weight excluding hydrogens is 282 g/mol. The molecule has 0 unspecified atom stereocenters. The highest BCUT2D eigenvalue weighted by atomic mass is 19.3. The van der Waals surface area contributed by atoms with Gasteiger partial charge < -0.3 is 4.57 Å². The average molecular weight is 300 g/mol. The van der Waals surface area contributed by atoms with Crippen LogP contribution < -0.4 is 11.2 Å². The van der Waals surface area contributed by atoms with Gasteiger partial charge in [0.25, 0.3) is 5.56 Å². The molecule has 21 heavy (non-hydrogen) atoms. The summed E-state index contributed by atoms with van der Waals surface area (Å²) in [5.74, 6) is -2.72. The summed E-state index contributed by atoms with van der Waals surface area (Å²) >= 11 is 0. The number of imidazole rings is 1. The van der Waals surface area contributed by atoms with Crippen molar-refractivity contribution in [2.45, 2.75) is 38.7 Å². The molecule has 0 saturated heterocycles. The number of hydrogen-bond donors (Lipinski definition) is 0. The summed E-state index contributed by atoms with van der Waals surface area (Å²) in [6.07, 6.45) is 1.81. The second-order valence-electron chi connectivity index (χ2n) is 5.35. The molecule has 0 atom stereocenters. The fraction of sp³-hybridized carbons (Fsp3) is 0.615. The van der Waals surface area contributed by atoms with E-state index < -0.39 is 17.2 Å². The lowest BCUT2D eigenvalue weighted by Gasteiger charge is -2.11. The monoisotopic (exact) mass is 300 g/mol. The van der Waals surface area contributed by atoms with E-state index in [1.807, 2.05) is 0 Å². The molecule has 0 fully saturated rings. The zero-order valence-electron chi connectivity index (χ0n) is 12.3. The molecule has 0 amide bonds. The van der Waals surface area contributed by atoms with Crippen molar-refractivity contribution < 1.29 is 8.78 Å². The summed E-state index contributed by atoms with van der Waals surface area (Å²) < 4.78 is 29.4. The highest BCUT2D eigenvalue weighted by Crippen LogP contribution is 2.19. The minimum absolute atomic E-state index is 0.128. The molecular formula is C13H18F2N4O2. The van der Waals surface area contributed by atoms with Gasteiger partial charge in [0.05, 0.1) is 6.33 Å². The number of aromatic nitrogens is 4. The van der Waals surface area contributed by atoms with Crippen LogP contribution in [-0.2, 0) is 20.6 Å². The van der Waals surface area contributed by atoms with Crippen LogP contribution in [0.3, 0.4) is 0 Å². The van der Waals surface area contributed by atoms with Gasteiger partial charge in [-0.15, -0.1) is 0 Å². The first-order valence-corrected chi connectivity index (χ1v) is 6.71. The topological polar surface area (TPSA) is 61.8 Å². The molecule has 2 rings (SSSR count). The second-order valence-corrected chi connectivity index (χ2v) is 5.35. The van der Waals surface area contributed by atoms with E-state index in [0.29, 0.717) is 17.6 Å². The highest BCUT2D eigenvalue weighted by Gasteiger charge is 2.20. The Morgan fingerprint density at radius 2 is 1.90 bits per heavy atom. The molecule has 0 radical (unpaired) electrons. The third-order valence-corrected chi connectivity index (χ3v) is 3.45. The first kappa shape index (κ1) is 15.4. The predicted octanol–water partition coefficient (Wildman–Crippen LogP) is 1.26. The summed E-state index contributed by atoms with van der Waals surface area (Å²) in [6, 6.07) is 0. The minimum Gasteiger partial charge on any atom is -0.328 e. The lowest BCUT2D eigenvalue weighted by atomic mass is 10.1. The van der Waals surface area contributed by atoms with E-state index >= 15 is 0 Å². The molecule has 0 bridgehead atoms. The molecule has 8 heteroatoms. The SMILES string of the molecule is Cn1cnc2c1c(=O)n(CCCCC(C)(F)F)c(=O)n2C. The van der Waals surface area contributed by atoms with Gasteiger partial charge in [0.15, 0.2) is 11.2 Å². The van der Waals surface area contributed by atoms with E-state index in [-0.39, 0.29) is 19.4 Å². The molecule has 0 aliphatic rings. The molecule has 0 spiro atoms. The smallest absolute Gasteiger partial charge is 0.328 e. The number of alkyl halides is 2. The van der Waals surface area contributed by atoms with Gasteiger partial charge in [-0.1, -0.05) is 0 Å². The molecule has 6 nitrogen and oxygen atoms in total. The van der Waals surface area contributed by atoms with Gasteiger partial charge in [0.2, 0.25) is 5.92 Å². The normalized spacial score (nSPS) is 12.2. The van der Waals surface area contributed by atoms with Gasteiger partial charge in [0.1, 0.15) is 0 Å². The number of unbranched alkanes of at least 4 members (excludes halogenated alkanes) is 1. The number of nitrogens with zero attached hydrogens (tertiary/aromatic N) is 4. The first-order valence-electron chi connectivity index (χ1n) is 6.71. The maximum atomic E-state index is 12.7. The summed E-state index contributed by atoms with van der Waals surface area (Å²) in [4.78, 5) is 28.5. The van der Waals surface area contributed by atoms with Crippen molar-refractivity contribution in [2.24, 2.45) is 14.1 Å². The second kappa shape index (κ2) is 5.42. The van der Waals surface area contributed by atoms with Crippen molar-refractivity contribution in [3.63, 3.8) is 0 Å². The van der Waals surface area contributed by atoms with E-state index in [1.165, 1.54) is 17.9 Å². The van der Waals surface area contributed by atoms with E-state index in [2.05, 4.69) is 4.98 Å². The van der Waals surface area contributed by atoms with Crippen molar-refractivity contribution >= 4 is 11.2 Å². The molecule has 2 heterocycles. The van der Waals surface area contributed by atoms with Gasteiger partial charge in [-0.05, 0) is 19.8 Å². The van der Waals surface area contributed by atoms with Gasteiger partial charge in [0, 0.05) is 27.1 Å². The van der Waals surface area contributed by atoms with E-state index in [0.717, 1.165) is 11.5 Å². The van der Waals surface area contributed by atoms with Crippen molar-refractivity contribution in [1.29, 1.82) is 0 Å². The van der Waals surface area contributed by atoms with Gasteiger partial charge >= 0.3 is 5.69 Å². The molecule has 0 saturated carbocycles. The van der Waals surface area contributed by atoms with Crippen LogP contribution in [0, 0.1) is 0 Å². The van der Waals surface area contributed by atoms with Crippen LogP contribution in [-0.4, -0.2) is 24.6 Å². The van der Waals surface area contributed by atoms with Crippen molar-refractivity contribution in [3.05, 3.63) is 27.2 Å². The summed E-state index contributed by atoms with van der Waals surface area (Å²) in [7, 11) is 3.21. The quantitative estimate of drug-likeness (QED) is 0.781. The van der Waals surface area contributed by atoms with Crippen molar-refractivity contribution in [1.82, 2.24) is 18.7 Å². The Hall–Kier alpha value is -1.99. The fourth-order valence-electron chi connectivity index (χ4n) is 2.30. The molecule has 0 N–H and O–H groups in total. The molecule has 0 aromatic carbocycles. The summed E-state index contributed by atoms with van der Waals surface area (Å²) in [5, 5.41) is 0. The number of halogens is 2. The van der Waals surface area contributed by atoms with E-state index in [1.54, 1.807) is 11.6 Å². The fourth-order valence-corrected chi connectivity index (χ4v) is 2.30. The van der Waals surface area contributed by atoms with Gasteiger partial charge in [-0.25, -0.2) is 18.6 Å². The third-order valence-electron chi connectivity index (χ3n) is 3.45. The van der Waals surface area contributed by atoms with Crippen LogP contribution in [0.1, 0.15) is 26.2 Å². The summed E-state index contributed by atoms with van der Waals surface area (Å²) in [6.45, 7) is 0.989. The molecule has 2 aromatic rings. The average Bonchev–Trinajstić information content (AvgIpc) is 2.76. The highest BCUT2D eigenvalue weighted by molar-refractivity contribution is 5.69. The Balaban J connectivity index is 2.30. The number of hydrogen-bond acceptors (Lipinski definition) is 3. The van der Waals surface area contributed by atoms with Crippen molar-refractivity contribution in [2.75, 3.05) is 0 Å².